The van der Waals surface area contributed by atoms with Gasteiger partial charge in [0.2, 0.25) is 17.6 Å². The number of hydrogen-bond acceptors (Lipinski definition) is 7. The molecule has 0 spiro atoms. The topological polar surface area (TPSA) is 171 Å². The molecule has 12 nitrogen and oxygen atoms in total. The summed E-state index contributed by atoms with van der Waals surface area (Å²) in [5, 5.41) is 11.0. The third-order valence-corrected chi connectivity index (χ3v) is 12.7. The van der Waals surface area contributed by atoms with E-state index >= 15 is 0 Å². The van der Waals surface area contributed by atoms with Crippen LogP contribution in [0.25, 0.3) is 0 Å². The highest BCUT2D eigenvalue weighted by molar-refractivity contribution is 7.91. The Bertz CT molecular complexity index is 1650. The lowest BCUT2D eigenvalue weighted by atomic mass is 9.83. The lowest BCUT2D eigenvalue weighted by Crippen LogP contribution is -2.63. The minimum absolute atomic E-state index is 0.0103. The number of nitrogens with one attached hydrogen (secondary N) is 4. The van der Waals surface area contributed by atoms with E-state index in [2.05, 4.69) is 33.8 Å². The van der Waals surface area contributed by atoms with Crippen molar-refractivity contribution in [1.82, 2.24) is 26.2 Å². The first-order chi connectivity index (χ1) is 23.9. The lowest BCUT2D eigenvalue weighted by Gasteiger charge is -2.40. The van der Waals surface area contributed by atoms with Crippen molar-refractivity contribution < 1.29 is 32.4 Å². The van der Waals surface area contributed by atoms with E-state index < -0.39 is 68.5 Å². The van der Waals surface area contributed by atoms with E-state index in [0.29, 0.717) is 12.8 Å². The molecule has 3 aliphatic rings. The van der Waals surface area contributed by atoms with Gasteiger partial charge in [-0.25, -0.2) is 13.2 Å². The van der Waals surface area contributed by atoms with Gasteiger partial charge < -0.3 is 26.2 Å². The lowest BCUT2D eigenvalue weighted by molar-refractivity contribution is -0.145. The maximum absolute atomic E-state index is 14.5. The summed E-state index contributed by atoms with van der Waals surface area (Å²) in [5.41, 5.74) is -2.08. The van der Waals surface area contributed by atoms with Gasteiger partial charge in [-0.3, -0.25) is 19.2 Å². The number of fused-ring (bicyclic) bond motifs is 1. The van der Waals surface area contributed by atoms with Gasteiger partial charge in [0.1, 0.15) is 12.1 Å². The second-order valence-electron chi connectivity index (χ2n) is 15.9. The van der Waals surface area contributed by atoms with Gasteiger partial charge in [0, 0.05) is 19.5 Å². The summed E-state index contributed by atoms with van der Waals surface area (Å²) in [6.45, 7) is 13.3. The molecular weight excluding hydrogens is 671 g/mol. The highest BCUT2D eigenvalue weighted by Crippen LogP contribution is 2.65. The molecule has 5 atom stereocenters. The predicted molar refractivity (Wildman–Crippen MR) is 194 cm³/mol. The summed E-state index contributed by atoms with van der Waals surface area (Å²) in [4.78, 5) is 69.5. The Morgan fingerprint density at radius 3 is 2.29 bits per heavy atom. The molecule has 278 valence electrons. The number of urea groups is 1. The first-order valence-electron chi connectivity index (χ1n) is 17.7. The number of Topliss-reactive ketones (excluding diaryl/α,β-unsaturated/α-hetero) is 1. The van der Waals surface area contributed by atoms with Crippen molar-refractivity contribution in [2.75, 3.05) is 18.8 Å². The maximum atomic E-state index is 14.5. The highest BCUT2D eigenvalue weighted by atomic mass is 32.2. The van der Waals surface area contributed by atoms with Gasteiger partial charge in [-0.05, 0) is 54.1 Å². The van der Waals surface area contributed by atoms with E-state index in [1.807, 2.05) is 13.8 Å². The third kappa shape index (κ3) is 9.01. The standard InChI is InChI=1S/C38H53N5O7S/c1-8-10-19-27(30(44)33(46)39-22-9-2)40-32(45)29-28-26(37(28,6)7)23-43(29)34(47)31(36(3,4)5)41-35(48)42-38(20-15-12-16-21-38)24-51(49,50)25-17-13-11-14-18-25/h1,9,11,13-14,17-18,26-29,31H,2,10,12,15-16,19-24H2,3-7H3,(H,39,46)(H,40,45)(H2,41,42,48)/t26-,27?,28?,29-,31+/m0/s1. The summed E-state index contributed by atoms with van der Waals surface area (Å²) in [5.74, 6) is -0.792. The van der Waals surface area contributed by atoms with Crippen LogP contribution in [0.3, 0.4) is 0 Å². The Morgan fingerprint density at radius 1 is 1.06 bits per heavy atom. The minimum Gasteiger partial charge on any atom is -0.346 e. The number of benzene rings is 1. The molecule has 5 amide bonds. The number of likely N-dealkylation sites (tertiary alicyclic amines) is 1. The molecule has 13 heteroatoms. The number of sulfone groups is 1. The molecule has 2 saturated carbocycles. The van der Waals surface area contributed by atoms with Crippen LogP contribution in [0, 0.1) is 35.0 Å². The van der Waals surface area contributed by atoms with Crippen molar-refractivity contribution in [3.05, 3.63) is 43.0 Å². The third-order valence-electron chi connectivity index (χ3n) is 10.7. The summed E-state index contributed by atoms with van der Waals surface area (Å²) in [6.07, 6.45) is 10.4. The Kier molecular flexibility index (Phi) is 12.1. The van der Waals surface area contributed by atoms with E-state index in [1.54, 1.807) is 51.1 Å². The predicted octanol–water partition coefficient (Wildman–Crippen LogP) is 3.13. The van der Waals surface area contributed by atoms with Crippen LogP contribution in [0.4, 0.5) is 4.79 Å². The molecule has 51 heavy (non-hydrogen) atoms. The van der Waals surface area contributed by atoms with Crippen LogP contribution in [0.15, 0.2) is 47.9 Å². The molecule has 1 saturated heterocycles. The van der Waals surface area contributed by atoms with Gasteiger partial charge in [-0.15, -0.1) is 18.9 Å². The number of carbonyl (C=O) groups is 5. The van der Waals surface area contributed by atoms with Crippen LogP contribution in [0.2, 0.25) is 0 Å². The summed E-state index contributed by atoms with van der Waals surface area (Å²) in [7, 11) is -3.74. The number of nitrogens with zero attached hydrogens (tertiary/aromatic N) is 1. The number of rotatable bonds is 14. The molecule has 2 aliphatic carbocycles. The molecule has 1 aliphatic heterocycles. The molecule has 0 aromatic heterocycles. The zero-order valence-electron chi connectivity index (χ0n) is 30.4. The molecule has 1 aromatic carbocycles. The Balaban J connectivity index is 1.56. The smallest absolute Gasteiger partial charge is 0.315 e. The van der Waals surface area contributed by atoms with E-state index in [-0.39, 0.29) is 53.8 Å². The van der Waals surface area contributed by atoms with Gasteiger partial charge >= 0.3 is 6.03 Å². The second kappa shape index (κ2) is 15.6. The number of piperidine rings is 1. The van der Waals surface area contributed by atoms with E-state index in [9.17, 15) is 32.4 Å². The Labute approximate surface area is 302 Å². The van der Waals surface area contributed by atoms with Gasteiger partial charge in [-0.2, -0.15) is 0 Å². The van der Waals surface area contributed by atoms with Crippen molar-refractivity contribution in [3.8, 4) is 12.3 Å². The molecule has 4 N–H and O–H groups in total. The summed E-state index contributed by atoms with van der Waals surface area (Å²) < 4.78 is 26.9. The fourth-order valence-electron chi connectivity index (χ4n) is 7.81. The van der Waals surface area contributed by atoms with E-state index in [0.717, 1.165) is 19.3 Å². The normalized spacial score (nSPS) is 23.0. The highest BCUT2D eigenvalue weighted by Gasteiger charge is 2.70. The van der Waals surface area contributed by atoms with Crippen molar-refractivity contribution in [2.45, 2.75) is 108 Å². The Morgan fingerprint density at radius 2 is 1.71 bits per heavy atom. The largest absolute Gasteiger partial charge is 0.346 e. The molecule has 0 bridgehead atoms. The van der Waals surface area contributed by atoms with Crippen molar-refractivity contribution in [3.63, 3.8) is 0 Å². The first kappa shape index (κ1) is 39.6. The fourth-order valence-corrected chi connectivity index (χ4v) is 9.64. The van der Waals surface area contributed by atoms with Gasteiger partial charge in [0.15, 0.2) is 9.84 Å². The first-order valence-corrected chi connectivity index (χ1v) is 19.4. The number of amides is 5. The van der Waals surface area contributed by atoms with Crippen LogP contribution in [0.5, 0.6) is 0 Å². The molecule has 1 heterocycles. The minimum atomic E-state index is -3.74. The molecule has 1 aromatic rings. The number of terminal acetylenes is 1. The van der Waals surface area contributed by atoms with Crippen LogP contribution in [-0.4, -0.2) is 85.4 Å². The molecule has 3 fully saturated rings. The van der Waals surface area contributed by atoms with Gasteiger partial charge in [0.25, 0.3) is 5.91 Å². The molecule has 2 unspecified atom stereocenters. The fraction of sp³-hybridized carbons (Fsp3) is 0.605. The SMILES string of the molecule is C#CCCC(NC(=O)[C@@H]1C2[C@H](CN1C(=O)[C@@H](NC(=O)NC1(CS(=O)(=O)c3ccccc3)CCCCC1)C(C)(C)C)C2(C)C)C(=O)C(=O)NCC=C. The van der Waals surface area contributed by atoms with Crippen molar-refractivity contribution >= 4 is 39.4 Å². The number of carbonyl (C=O) groups excluding carboxylic acids is 5. The average Bonchev–Trinajstić information content (AvgIpc) is 3.38. The summed E-state index contributed by atoms with van der Waals surface area (Å²) in [6, 6.07) is 4.25. The quantitative estimate of drug-likeness (QED) is 0.130. The molecule has 4 rings (SSSR count). The van der Waals surface area contributed by atoms with Crippen molar-refractivity contribution in [1.29, 1.82) is 0 Å². The monoisotopic (exact) mass is 723 g/mol. The average molecular weight is 724 g/mol. The van der Waals surface area contributed by atoms with E-state index in [1.165, 1.54) is 11.0 Å². The van der Waals surface area contributed by atoms with Crippen LogP contribution in [0.1, 0.15) is 79.6 Å². The second-order valence-corrected chi connectivity index (χ2v) is 17.9. The van der Waals surface area contributed by atoms with E-state index in [4.69, 9.17) is 6.42 Å². The maximum Gasteiger partial charge on any atom is 0.315 e. The zero-order valence-corrected chi connectivity index (χ0v) is 31.2. The Hall–Kier alpha value is -4.18. The number of ketones is 1. The van der Waals surface area contributed by atoms with Crippen LogP contribution >= 0.6 is 0 Å². The van der Waals surface area contributed by atoms with Gasteiger partial charge in [0.05, 0.1) is 22.2 Å². The number of hydrogen-bond donors (Lipinski definition) is 4. The van der Waals surface area contributed by atoms with Crippen molar-refractivity contribution in [2.24, 2.45) is 22.7 Å². The van der Waals surface area contributed by atoms with Crippen LogP contribution in [-0.2, 0) is 29.0 Å². The van der Waals surface area contributed by atoms with Crippen LogP contribution < -0.4 is 21.3 Å². The zero-order chi connectivity index (χ0) is 37.8. The molecular formula is C38H53N5O7S. The molecule has 0 radical (unpaired) electrons. The van der Waals surface area contributed by atoms with Gasteiger partial charge in [-0.1, -0.05) is 78.2 Å². The summed E-state index contributed by atoms with van der Waals surface area (Å²) >= 11 is 0.